The van der Waals surface area contributed by atoms with Crippen molar-refractivity contribution < 1.29 is 14.6 Å². The zero-order chi connectivity index (χ0) is 12.0. The molecule has 0 saturated heterocycles. The lowest BCUT2D eigenvalue weighted by Gasteiger charge is -2.08. The fourth-order valence-electron chi connectivity index (χ4n) is 1.22. The summed E-state index contributed by atoms with van der Waals surface area (Å²) >= 11 is 0. The van der Waals surface area contributed by atoms with Crippen LogP contribution in [0.5, 0.6) is 5.75 Å². The summed E-state index contributed by atoms with van der Waals surface area (Å²) in [4.78, 5) is 10.6. The molecule has 4 N–H and O–H groups in total. The van der Waals surface area contributed by atoms with E-state index in [1.165, 1.54) is 0 Å². The Morgan fingerprint density at radius 3 is 2.62 bits per heavy atom. The fourth-order valence-corrected chi connectivity index (χ4v) is 1.22. The average Bonchev–Trinajstić information content (AvgIpc) is 2.28. The minimum absolute atomic E-state index is 0.321. The molecule has 0 heterocycles. The Morgan fingerprint density at radius 1 is 1.50 bits per heavy atom. The topological polar surface area (TPSA) is 84.6 Å². The number of carboxylic acid groups (broad SMARTS) is 1. The Kier molecular flexibility index (Phi) is 4.75. The van der Waals surface area contributed by atoms with Gasteiger partial charge in [-0.25, -0.2) is 0 Å². The number of hydrogen-bond donors (Lipinski definition) is 3. The van der Waals surface area contributed by atoms with Crippen LogP contribution in [-0.4, -0.2) is 30.9 Å². The summed E-state index contributed by atoms with van der Waals surface area (Å²) in [6, 6.07) is 6.36. The van der Waals surface area contributed by atoms with E-state index >= 15 is 0 Å². The SMILES string of the molecule is CNCOc1ccc(CC(N)C(=O)O)cc1. The molecule has 0 aliphatic carbocycles. The molecule has 0 amide bonds. The minimum Gasteiger partial charge on any atom is -0.480 e. The van der Waals surface area contributed by atoms with Gasteiger partial charge in [0.05, 0.1) is 0 Å². The Hall–Kier alpha value is -1.59. The Balaban J connectivity index is 2.54. The van der Waals surface area contributed by atoms with Gasteiger partial charge in [0, 0.05) is 0 Å². The van der Waals surface area contributed by atoms with Gasteiger partial charge in [-0.3, -0.25) is 10.1 Å². The second-order valence-corrected chi connectivity index (χ2v) is 3.44. The van der Waals surface area contributed by atoms with Gasteiger partial charge in [0.1, 0.15) is 18.5 Å². The smallest absolute Gasteiger partial charge is 0.320 e. The lowest BCUT2D eigenvalue weighted by atomic mass is 10.1. The highest BCUT2D eigenvalue weighted by atomic mass is 16.5. The second-order valence-electron chi connectivity index (χ2n) is 3.44. The van der Waals surface area contributed by atoms with Crippen molar-refractivity contribution in [1.29, 1.82) is 0 Å². The molecule has 0 spiro atoms. The first-order chi connectivity index (χ1) is 7.63. The molecule has 0 aliphatic rings. The highest BCUT2D eigenvalue weighted by Gasteiger charge is 2.11. The highest BCUT2D eigenvalue weighted by molar-refractivity contribution is 5.73. The summed E-state index contributed by atoms with van der Waals surface area (Å²) in [5.41, 5.74) is 6.31. The van der Waals surface area contributed by atoms with Gasteiger partial charge in [-0.05, 0) is 31.2 Å². The van der Waals surface area contributed by atoms with E-state index < -0.39 is 12.0 Å². The molecule has 0 fully saturated rings. The molecule has 5 heteroatoms. The first kappa shape index (κ1) is 12.5. The summed E-state index contributed by atoms with van der Waals surface area (Å²) in [7, 11) is 1.79. The zero-order valence-corrected chi connectivity index (χ0v) is 9.14. The van der Waals surface area contributed by atoms with Crippen LogP contribution in [0.25, 0.3) is 0 Å². The van der Waals surface area contributed by atoms with Gasteiger partial charge in [0.2, 0.25) is 0 Å². The van der Waals surface area contributed by atoms with Crippen molar-refractivity contribution in [1.82, 2.24) is 5.32 Å². The summed E-state index contributed by atoms with van der Waals surface area (Å²) in [5, 5.41) is 11.5. The maximum Gasteiger partial charge on any atom is 0.320 e. The van der Waals surface area contributed by atoms with Gasteiger partial charge < -0.3 is 15.6 Å². The van der Waals surface area contributed by atoms with E-state index in [1.807, 2.05) is 12.1 Å². The highest BCUT2D eigenvalue weighted by Crippen LogP contribution is 2.12. The van der Waals surface area contributed by atoms with E-state index in [-0.39, 0.29) is 0 Å². The second kappa shape index (κ2) is 6.09. The molecule has 5 nitrogen and oxygen atoms in total. The van der Waals surface area contributed by atoms with Crippen LogP contribution in [0.15, 0.2) is 24.3 Å². The van der Waals surface area contributed by atoms with Gasteiger partial charge in [-0.1, -0.05) is 12.1 Å². The largest absolute Gasteiger partial charge is 0.480 e. The van der Waals surface area contributed by atoms with Crippen LogP contribution in [0.2, 0.25) is 0 Å². The third kappa shape index (κ3) is 3.88. The summed E-state index contributed by atoms with van der Waals surface area (Å²) in [6.45, 7) is 0.438. The van der Waals surface area contributed by atoms with Crippen LogP contribution in [0.1, 0.15) is 5.56 Å². The fraction of sp³-hybridized carbons (Fsp3) is 0.364. The molecule has 0 bridgehead atoms. The number of hydrogen-bond acceptors (Lipinski definition) is 4. The zero-order valence-electron chi connectivity index (χ0n) is 9.14. The van der Waals surface area contributed by atoms with Gasteiger partial charge in [-0.2, -0.15) is 0 Å². The molecule has 0 aliphatic heterocycles. The molecule has 16 heavy (non-hydrogen) atoms. The summed E-state index contributed by atoms with van der Waals surface area (Å²) in [6.07, 6.45) is 0.321. The molecule has 1 unspecified atom stereocenters. The van der Waals surface area contributed by atoms with Crippen molar-refractivity contribution in [3.63, 3.8) is 0 Å². The lowest BCUT2D eigenvalue weighted by molar-refractivity contribution is -0.138. The van der Waals surface area contributed by atoms with Crippen LogP contribution in [0.4, 0.5) is 0 Å². The van der Waals surface area contributed by atoms with Gasteiger partial charge in [0.15, 0.2) is 0 Å². The molecule has 0 aromatic heterocycles. The van der Waals surface area contributed by atoms with Crippen LogP contribution in [0.3, 0.4) is 0 Å². The molecule has 1 aromatic rings. The van der Waals surface area contributed by atoms with Gasteiger partial charge in [-0.15, -0.1) is 0 Å². The van der Waals surface area contributed by atoms with E-state index in [1.54, 1.807) is 19.2 Å². The maximum absolute atomic E-state index is 10.6. The monoisotopic (exact) mass is 224 g/mol. The number of aliphatic carboxylic acids is 1. The lowest BCUT2D eigenvalue weighted by Crippen LogP contribution is -2.32. The number of carbonyl (C=O) groups is 1. The predicted octanol–water partition coefficient (Wildman–Crippen LogP) is 0.197. The van der Waals surface area contributed by atoms with Crippen LogP contribution in [-0.2, 0) is 11.2 Å². The summed E-state index contributed by atoms with van der Waals surface area (Å²) < 4.78 is 5.30. The van der Waals surface area contributed by atoms with Gasteiger partial charge in [0.25, 0.3) is 0 Å². The first-order valence-electron chi connectivity index (χ1n) is 4.98. The predicted molar refractivity (Wildman–Crippen MR) is 60.3 cm³/mol. The van der Waals surface area contributed by atoms with E-state index in [0.717, 1.165) is 11.3 Å². The van der Waals surface area contributed by atoms with Crippen molar-refractivity contribution >= 4 is 5.97 Å². The number of carboxylic acids is 1. The maximum atomic E-state index is 10.6. The summed E-state index contributed by atoms with van der Waals surface area (Å²) in [5.74, 6) is -0.252. The molecule has 1 atom stereocenters. The Bertz CT molecular complexity index is 338. The number of nitrogens with one attached hydrogen (secondary N) is 1. The minimum atomic E-state index is -0.990. The van der Waals surface area contributed by atoms with Crippen molar-refractivity contribution in [3.8, 4) is 5.75 Å². The van der Waals surface area contributed by atoms with Crippen molar-refractivity contribution in [2.24, 2.45) is 5.73 Å². The van der Waals surface area contributed by atoms with Gasteiger partial charge >= 0.3 is 5.97 Å². The molecule has 1 aromatic carbocycles. The van der Waals surface area contributed by atoms with Crippen molar-refractivity contribution in [3.05, 3.63) is 29.8 Å². The third-order valence-electron chi connectivity index (χ3n) is 2.08. The number of ether oxygens (including phenoxy) is 1. The molecule has 0 radical (unpaired) electrons. The van der Waals surface area contributed by atoms with Crippen LogP contribution in [0, 0.1) is 0 Å². The van der Waals surface area contributed by atoms with Crippen molar-refractivity contribution in [2.45, 2.75) is 12.5 Å². The van der Waals surface area contributed by atoms with Crippen LogP contribution < -0.4 is 15.8 Å². The Morgan fingerprint density at radius 2 is 2.12 bits per heavy atom. The van der Waals surface area contributed by atoms with E-state index in [9.17, 15) is 4.79 Å². The third-order valence-corrected chi connectivity index (χ3v) is 2.08. The van der Waals surface area contributed by atoms with E-state index in [4.69, 9.17) is 15.6 Å². The molecular formula is C11H16N2O3. The first-order valence-corrected chi connectivity index (χ1v) is 4.98. The standard InChI is InChI=1S/C11H16N2O3/c1-13-7-16-9-4-2-8(3-5-9)6-10(12)11(14)15/h2-5,10,13H,6-7,12H2,1H3,(H,14,15). The number of nitrogens with two attached hydrogens (primary N) is 1. The molecule has 88 valence electrons. The quantitative estimate of drug-likeness (QED) is 0.601. The van der Waals surface area contributed by atoms with E-state index in [2.05, 4.69) is 5.32 Å². The van der Waals surface area contributed by atoms with Crippen LogP contribution >= 0.6 is 0 Å². The van der Waals surface area contributed by atoms with E-state index in [0.29, 0.717) is 13.2 Å². The number of benzene rings is 1. The molecule has 1 rings (SSSR count). The molecule has 0 saturated carbocycles. The number of rotatable bonds is 6. The average molecular weight is 224 g/mol. The normalized spacial score (nSPS) is 12.1. The van der Waals surface area contributed by atoms with Crippen molar-refractivity contribution in [2.75, 3.05) is 13.8 Å². The molecular weight excluding hydrogens is 208 g/mol. The Labute approximate surface area is 94.2 Å².